The summed E-state index contributed by atoms with van der Waals surface area (Å²) < 4.78 is 5.30. The molecule has 2 heterocycles. The average molecular weight is 272 g/mol. The summed E-state index contributed by atoms with van der Waals surface area (Å²) >= 11 is 0. The van der Waals surface area contributed by atoms with Crippen molar-refractivity contribution in [3.8, 4) is 11.5 Å². The van der Waals surface area contributed by atoms with Gasteiger partial charge in [-0.05, 0) is 38.1 Å². The van der Waals surface area contributed by atoms with Crippen LogP contribution in [0.2, 0.25) is 0 Å². The number of rotatable bonds is 4. The third-order valence-corrected chi connectivity index (χ3v) is 3.70. The van der Waals surface area contributed by atoms with E-state index in [0.29, 0.717) is 11.7 Å². The lowest BCUT2D eigenvalue weighted by Gasteiger charge is -2.27. The number of piperidine rings is 1. The molecule has 1 unspecified atom stereocenters. The summed E-state index contributed by atoms with van der Waals surface area (Å²) in [5, 5.41) is 4.02. The number of likely N-dealkylation sites (tertiary alicyclic amines) is 1. The van der Waals surface area contributed by atoms with Crippen LogP contribution in [-0.2, 0) is 0 Å². The second kappa shape index (κ2) is 6.15. The number of benzene rings is 1. The molecule has 0 aliphatic carbocycles. The maximum Gasteiger partial charge on any atom is 0.257 e. The van der Waals surface area contributed by atoms with Crippen molar-refractivity contribution in [2.45, 2.75) is 25.3 Å². The highest BCUT2D eigenvalue weighted by Gasteiger charge is 2.19. The Morgan fingerprint density at radius 3 is 2.65 bits per heavy atom. The van der Waals surface area contributed by atoms with Gasteiger partial charge in [-0.2, -0.15) is 4.98 Å². The molecule has 2 N–H and O–H groups in total. The average Bonchev–Trinajstić information content (AvgIpc) is 2.99. The molecule has 1 aromatic heterocycles. The Bertz CT molecular complexity index is 534. The van der Waals surface area contributed by atoms with Crippen molar-refractivity contribution in [1.29, 1.82) is 0 Å². The minimum Gasteiger partial charge on any atom is -0.334 e. The number of nitrogens with two attached hydrogens (primary N) is 1. The highest BCUT2D eigenvalue weighted by atomic mass is 16.5. The van der Waals surface area contributed by atoms with Crippen LogP contribution in [0.1, 0.15) is 31.1 Å². The van der Waals surface area contributed by atoms with E-state index in [1.165, 1.54) is 19.3 Å². The smallest absolute Gasteiger partial charge is 0.257 e. The number of nitrogens with zero attached hydrogens (tertiary/aromatic N) is 3. The molecule has 0 bridgehead atoms. The van der Waals surface area contributed by atoms with Gasteiger partial charge in [0.2, 0.25) is 0 Å². The Morgan fingerprint density at radius 1 is 1.15 bits per heavy atom. The predicted molar refractivity (Wildman–Crippen MR) is 77.0 cm³/mol. The normalized spacial score (nSPS) is 18.1. The van der Waals surface area contributed by atoms with Crippen LogP contribution in [0.25, 0.3) is 11.5 Å². The van der Waals surface area contributed by atoms with E-state index in [9.17, 15) is 0 Å². The van der Waals surface area contributed by atoms with Crippen molar-refractivity contribution in [1.82, 2.24) is 15.0 Å². The molecule has 0 amide bonds. The topological polar surface area (TPSA) is 68.2 Å². The Hall–Kier alpha value is -1.72. The third kappa shape index (κ3) is 3.05. The van der Waals surface area contributed by atoms with Crippen molar-refractivity contribution in [2.75, 3.05) is 19.6 Å². The molecule has 0 saturated carbocycles. The van der Waals surface area contributed by atoms with Crippen LogP contribution in [0.15, 0.2) is 34.9 Å². The molecule has 1 aliphatic heterocycles. The SMILES string of the molecule is NC(CN1CCCCC1)c1noc(-c2ccccc2)n1. The summed E-state index contributed by atoms with van der Waals surface area (Å²) in [6, 6.07) is 9.58. The van der Waals surface area contributed by atoms with Crippen molar-refractivity contribution < 1.29 is 4.52 Å². The zero-order valence-corrected chi connectivity index (χ0v) is 11.5. The molecular formula is C15H20N4O. The van der Waals surface area contributed by atoms with Crippen molar-refractivity contribution >= 4 is 0 Å². The molecule has 106 valence electrons. The molecule has 1 aromatic carbocycles. The van der Waals surface area contributed by atoms with E-state index in [0.717, 1.165) is 25.2 Å². The number of aromatic nitrogens is 2. The molecule has 1 aliphatic rings. The summed E-state index contributed by atoms with van der Waals surface area (Å²) in [4.78, 5) is 6.80. The summed E-state index contributed by atoms with van der Waals surface area (Å²) in [7, 11) is 0. The second-order valence-corrected chi connectivity index (χ2v) is 5.29. The monoisotopic (exact) mass is 272 g/mol. The Kier molecular flexibility index (Phi) is 4.08. The van der Waals surface area contributed by atoms with Crippen LogP contribution in [0.3, 0.4) is 0 Å². The van der Waals surface area contributed by atoms with E-state index in [1.807, 2.05) is 30.3 Å². The van der Waals surface area contributed by atoms with Gasteiger partial charge in [0.05, 0.1) is 6.04 Å². The molecule has 5 nitrogen and oxygen atoms in total. The van der Waals surface area contributed by atoms with Gasteiger partial charge in [0.1, 0.15) is 0 Å². The highest BCUT2D eigenvalue weighted by Crippen LogP contribution is 2.19. The molecular weight excluding hydrogens is 252 g/mol. The van der Waals surface area contributed by atoms with Crippen LogP contribution in [-0.4, -0.2) is 34.7 Å². The summed E-state index contributed by atoms with van der Waals surface area (Å²) in [5.74, 6) is 1.13. The van der Waals surface area contributed by atoms with E-state index in [2.05, 4.69) is 15.0 Å². The molecule has 1 fully saturated rings. The fourth-order valence-electron chi connectivity index (χ4n) is 2.59. The van der Waals surface area contributed by atoms with E-state index < -0.39 is 0 Å². The van der Waals surface area contributed by atoms with Crippen LogP contribution < -0.4 is 5.73 Å². The first-order chi connectivity index (χ1) is 9.83. The minimum absolute atomic E-state index is 0.186. The van der Waals surface area contributed by atoms with Crippen molar-refractivity contribution in [3.05, 3.63) is 36.2 Å². The van der Waals surface area contributed by atoms with Gasteiger partial charge < -0.3 is 15.2 Å². The zero-order chi connectivity index (χ0) is 13.8. The summed E-state index contributed by atoms with van der Waals surface area (Å²) in [6.07, 6.45) is 3.84. The number of hydrogen-bond donors (Lipinski definition) is 1. The van der Waals surface area contributed by atoms with E-state index in [-0.39, 0.29) is 6.04 Å². The lowest BCUT2D eigenvalue weighted by atomic mass is 10.1. The molecule has 0 spiro atoms. The fraction of sp³-hybridized carbons (Fsp3) is 0.467. The lowest BCUT2D eigenvalue weighted by Crippen LogP contribution is -2.36. The largest absolute Gasteiger partial charge is 0.334 e. The lowest BCUT2D eigenvalue weighted by molar-refractivity contribution is 0.213. The van der Waals surface area contributed by atoms with Crippen LogP contribution >= 0.6 is 0 Å². The van der Waals surface area contributed by atoms with Crippen molar-refractivity contribution in [3.63, 3.8) is 0 Å². The van der Waals surface area contributed by atoms with Gasteiger partial charge in [-0.3, -0.25) is 0 Å². The second-order valence-electron chi connectivity index (χ2n) is 5.29. The van der Waals surface area contributed by atoms with Gasteiger partial charge in [0.25, 0.3) is 5.89 Å². The van der Waals surface area contributed by atoms with Gasteiger partial charge in [-0.1, -0.05) is 29.8 Å². The molecule has 5 heteroatoms. The van der Waals surface area contributed by atoms with Gasteiger partial charge >= 0.3 is 0 Å². The van der Waals surface area contributed by atoms with Crippen LogP contribution in [0.4, 0.5) is 0 Å². The Balaban J connectivity index is 1.66. The molecule has 1 atom stereocenters. The quantitative estimate of drug-likeness (QED) is 0.924. The number of hydrogen-bond acceptors (Lipinski definition) is 5. The van der Waals surface area contributed by atoms with E-state index in [4.69, 9.17) is 10.3 Å². The predicted octanol–water partition coefficient (Wildman–Crippen LogP) is 2.22. The molecule has 0 radical (unpaired) electrons. The molecule has 2 aromatic rings. The summed E-state index contributed by atoms with van der Waals surface area (Å²) in [6.45, 7) is 3.04. The minimum atomic E-state index is -0.186. The Morgan fingerprint density at radius 2 is 1.90 bits per heavy atom. The van der Waals surface area contributed by atoms with Gasteiger partial charge in [-0.25, -0.2) is 0 Å². The van der Waals surface area contributed by atoms with E-state index >= 15 is 0 Å². The summed E-state index contributed by atoms with van der Waals surface area (Å²) in [5.41, 5.74) is 7.12. The van der Waals surface area contributed by atoms with E-state index in [1.54, 1.807) is 0 Å². The first-order valence-electron chi connectivity index (χ1n) is 7.20. The van der Waals surface area contributed by atoms with Gasteiger partial charge in [0.15, 0.2) is 5.82 Å². The first-order valence-corrected chi connectivity index (χ1v) is 7.20. The fourth-order valence-corrected chi connectivity index (χ4v) is 2.59. The van der Waals surface area contributed by atoms with Gasteiger partial charge in [0, 0.05) is 12.1 Å². The molecule has 1 saturated heterocycles. The maximum atomic E-state index is 6.19. The third-order valence-electron chi connectivity index (χ3n) is 3.70. The van der Waals surface area contributed by atoms with Crippen molar-refractivity contribution in [2.24, 2.45) is 5.73 Å². The van der Waals surface area contributed by atoms with Crippen LogP contribution in [0.5, 0.6) is 0 Å². The zero-order valence-electron chi connectivity index (χ0n) is 11.5. The highest BCUT2D eigenvalue weighted by molar-refractivity contribution is 5.52. The molecule has 20 heavy (non-hydrogen) atoms. The maximum absolute atomic E-state index is 6.19. The standard InChI is InChI=1S/C15H20N4O/c16-13(11-19-9-5-2-6-10-19)14-17-15(20-18-14)12-7-3-1-4-8-12/h1,3-4,7-8,13H,2,5-6,9-11,16H2. The van der Waals surface area contributed by atoms with Crippen LogP contribution in [0, 0.1) is 0 Å². The van der Waals surface area contributed by atoms with Gasteiger partial charge in [-0.15, -0.1) is 0 Å². The molecule has 3 rings (SSSR count). The Labute approximate surface area is 118 Å². The first kappa shape index (κ1) is 13.3.